The van der Waals surface area contributed by atoms with Gasteiger partial charge < -0.3 is 44.4 Å². The fraction of sp³-hybridized carbons (Fsp3) is 0.202. The molecule has 0 aromatic heterocycles. The summed E-state index contributed by atoms with van der Waals surface area (Å²) in [5.41, 5.74) is 0.936. The van der Waals surface area contributed by atoms with E-state index in [9.17, 15) is 102 Å². The maximum atomic E-state index is 14.4. The first-order chi connectivity index (χ1) is 59.9. The van der Waals surface area contributed by atoms with Crippen molar-refractivity contribution in [2.75, 3.05) is 19.6 Å². The summed E-state index contributed by atoms with van der Waals surface area (Å²) in [5.74, 6) is -7.08. The maximum Gasteiger partial charge on any atom is 0.573 e. The Hall–Kier alpha value is -13.3. The van der Waals surface area contributed by atoms with Crippen molar-refractivity contribution in [2.45, 2.75) is 99.9 Å². The van der Waals surface area contributed by atoms with Crippen LogP contribution >= 0.6 is 11.6 Å². The highest BCUT2D eigenvalue weighted by molar-refractivity contribution is 6.30. The van der Waals surface area contributed by atoms with Crippen molar-refractivity contribution in [1.29, 1.82) is 0 Å². The summed E-state index contributed by atoms with van der Waals surface area (Å²) >= 11 is 5.93. The second-order valence-electron chi connectivity index (χ2n) is 28.7. The first-order valence-electron chi connectivity index (χ1n) is 38.3. The van der Waals surface area contributed by atoms with Crippen LogP contribution in [0.15, 0.2) is 303 Å². The van der Waals surface area contributed by atoms with Crippen molar-refractivity contribution in [3.05, 3.63) is 392 Å². The van der Waals surface area contributed by atoms with Gasteiger partial charge in [-0.3, -0.25) is 14.4 Å². The monoisotopic (exact) mass is 1800 g/mol. The SMILES string of the molecule is CCc1cccc(CC(=O)NCC(Cc2ccccc2)(c2cccc(OC(F)(F)F)c2)c2cccc(OC(F)(F)F)c2)c1.O=C(Cc1ccc(Cl)cc1)NCC(Cc1ccccc1)(c1cccc(OC(F)(F)F)c1)c1cccc(OC(F)(F)F)c1.O=C(NCC(Cc1ccccc1)(c1cccc(OC(F)(F)F)c1)c1cccc(OC(F)(F)F)c1)c1cc(F)ccc1F. The van der Waals surface area contributed by atoms with Crippen molar-refractivity contribution in [3.8, 4) is 34.5 Å². The number of carbonyl (C=O) groups excluding carboxylic acids is 3. The van der Waals surface area contributed by atoms with E-state index >= 15 is 0 Å². The summed E-state index contributed by atoms with van der Waals surface area (Å²) in [7, 11) is 0. The van der Waals surface area contributed by atoms with Crippen LogP contribution in [0.25, 0.3) is 0 Å². The van der Waals surface area contributed by atoms with E-state index < -0.39 is 124 Å². The van der Waals surface area contributed by atoms with E-state index in [-0.39, 0.29) is 84.5 Å². The van der Waals surface area contributed by atoms with E-state index in [1.165, 1.54) is 84.9 Å². The summed E-state index contributed by atoms with van der Waals surface area (Å²) in [6, 6.07) is 72.8. The third-order valence-electron chi connectivity index (χ3n) is 19.7. The summed E-state index contributed by atoms with van der Waals surface area (Å²) < 4.78 is 289. The van der Waals surface area contributed by atoms with Crippen LogP contribution in [0, 0.1) is 11.6 Å². The van der Waals surface area contributed by atoms with Gasteiger partial charge in [-0.15, -0.1) is 79.0 Å². The lowest BCUT2D eigenvalue weighted by Crippen LogP contribution is -2.44. The van der Waals surface area contributed by atoms with E-state index in [4.69, 9.17) is 11.6 Å². The van der Waals surface area contributed by atoms with Gasteiger partial charge in [-0.25, -0.2) is 8.78 Å². The van der Waals surface area contributed by atoms with Crippen molar-refractivity contribution in [1.82, 2.24) is 16.0 Å². The third-order valence-corrected chi connectivity index (χ3v) is 20.0. The van der Waals surface area contributed by atoms with Crippen molar-refractivity contribution in [2.24, 2.45) is 0 Å². The molecule has 33 heteroatoms. The predicted octanol–water partition coefficient (Wildman–Crippen LogP) is 23.7. The van der Waals surface area contributed by atoms with Crippen LogP contribution in [-0.4, -0.2) is 75.5 Å². The second kappa shape index (κ2) is 41.7. The van der Waals surface area contributed by atoms with Gasteiger partial charge in [-0.1, -0.05) is 219 Å². The molecule has 0 aliphatic carbocycles. The number of carbonyl (C=O) groups is 3. The molecular formula is C94H74ClF20N3O9. The Labute approximate surface area is 719 Å². The number of hydrogen-bond donors (Lipinski definition) is 3. The van der Waals surface area contributed by atoms with Gasteiger partial charge in [0.05, 0.1) is 18.4 Å². The zero-order chi connectivity index (χ0) is 92.0. The minimum absolute atomic E-state index is 0.0315. The highest BCUT2D eigenvalue weighted by atomic mass is 35.5. The molecule has 0 atom stereocenters. The van der Waals surface area contributed by atoms with E-state index in [0.717, 1.165) is 83.8 Å². The van der Waals surface area contributed by atoms with Crippen LogP contribution in [0.2, 0.25) is 5.02 Å². The third kappa shape index (κ3) is 29.4. The van der Waals surface area contributed by atoms with E-state index in [2.05, 4.69) is 44.4 Å². The van der Waals surface area contributed by atoms with E-state index in [1.807, 2.05) is 31.2 Å². The molecule has 127 heavy (non-hydrogen) atoms. The molecule has 0 saturated carbocycles. The second-order valence-corrected chi connectivity index (χ2v) is 29.1. The van der Waals surface area contributed by atoms with Crippen molar-refractivity contribution < 1.29 is 131 Å². The molecule has 0 saturated heterocycles. The molecule has 3 amide bonds. The minimum atomic E-state index is -5.05. The number of hydrogen-bond acceptors (Lipinski definition) is 9. The molecule has 0 spiro atoms. The lowest BCUT2D eigenvalue weighted by Gasteiger charge is -2.36. The Morgan fingerprint density at radius 2 is 0.551 bits per heavy atom. The zero-order valence-electron chi connectivity index (χ0n) is 66.3. The number of nitrogens with one attached hydrogen (secondary N) is 3. The van der Waals surface area contributed by atoms with Gasteiger partial charge in [0.1, 0.15) is 46.1 Å². The molecule has 0 heterocycles. The average Bonchev–Trinajstić information content (AvgIpc) is 0.772. The molecule has 12 aromatic rings. The predicted molar refractivity (Wildman–Crippen MR) is 431 cm³/mol. The minimum Gasteiger partial charge on any atom is -0.406 e. The van der Waals surface area contributed by atoms with Gasteiger partial charge in [-0.05, 0) is 196 Å². The Morgan fingerprint density at radius 1 is 0.283 bits per heavy atom. The molecule has 0 aliphatic rings. The van der Waals surface area contributed by atoms with Crippen molar-refractivity contribution in [3.63, 3.8) is 0 Å². The van der Waals surface area contributed by atoms with Gasteiger partial charge in [-0.2, -0.15) is 0 Å². The zero-order valence-corrected chi connectivity index (χ0v) is 67.1. The molecule has 12 nitrogen and oxygen atoms in total. The number of rotatable bonds is 30. The van der Waals surface area contributed by atoms with Gasteiger partial charge in [0.2, 0.25) is 11.8 Å². The Bertz CT molecular complexity index is 5470. The Morgan fingerprint density at radius 3 is 0.843 bits per heavy atom. The fourth-order valence-electron chi connectivity index (χ4n) is 14.2. The highest BCUT2D eigenvalue weighted by Crippen LogP contribution is 2.45. The fourth-order valence-corrected chi connectivity index (χ4v) is 14.4. The van der Waals surface area contributed by atoms with Crippen LogP contribution in [-0.2, 0) is 64.4 Å². The number of alkyl halides is 18. The highest BCUT2D eigenvalue weighted by Gasteiger charge is 2.44. The molecule has 0 fully saturated rings. The molecular weight excluding hydrogens is 1730 g/mol. The first-order valence-corrected chi connectivity index (χ1v) is 38.7. The standard InChI is InChI=1S/C33H29F6NO3.C31H24ClF6NO3.C30H21F8NO3/c1-2-23-11-6-12-25(17-23)18-30(41)40-22-31(21-24-9-4-3-5-10-24,26-13-7-15-28(19-26)42-32(34,35)36)27-14-8-16-29(20-27)43-33(37,38)39;32-25-14-12-21(13-15-25)16-28(40)39-20-29(19-22-6-2-1-3-7-22,23-8-4-10-26(17-23)41-30(33,34)35)24-9-5-11-27(18-24)42-31(36,37)38;31-22-12-13-26(32)25(16-22)27(40)39-18-28(17-19-6-2-1-3-7-19,20-8-4-10-23(14-20)41-29(33,34)35)21-9-5-11-24(15-21)42-30(36,37)38/h3-17,19-20H,2,18,21-22H2,1H3,(H,40,41);1-15,17-18H,16,19-20H2,(H,39,40);1-16H,17-18H2,(H,39,40). The number of aryl methyl sites for hydroxylation is 1. The van der Waals surface area contributed by atoms with Gasteiger partial charge in [0.25, 0.3) is 5.91 Å². The van der Waals surface area contributed by atoms with Gasteiger partial charge in [0.15, 0.2) is 0 Å². The number of benzene rings is 12. The summed E-state index contributed by atoms with van der Waals surface area (Å²) in [5, 5.41) is 8.72. The first kappa shape index (κ1) is 96.0. The maximum absolute atomic E-state index is 14.4. The average molecular weight is 1810 g/mol. The molecule has 0 unspecified atom stereocenters. The Kier molecular flexibility index (Phi) is 31.5. The molecule has 12 aromatic carbocycles. The van der Waals surface area contributed by atoms with Crippen LogP contribution in [0.1, 0.15) is 84.0 Å². The smallest absolute Gasteiger partial charge is 0.406 e. The van der Waals surface area contributed by atoms with Gasteiger partial charge in [0, 0.05) is 40.9 Å². The van der Waals surface area contributed by atoms with Crippen LogP contribution in [0.3, 0.4) is 0 Å². The summed E-state index contributed by atoms with van der Waals surface area (Å²) in [6.07, 6.45) is -29.1. The quantitative estimate of drug-likeness (QED) is 0.0375. The molecule has 666 valence electrons. The molecule has 0 aliphatic heterocycles. The van der Waals surface area contributed by atoms with Crippen LogP contribution in [0.4, 0.5) is 87.8 Å². The normalized spacial score (nSPS) is 12.1. The number of ether oxygens (including phenoxy) is 6. The van der Waals surface area contributed by atoms with Crippen molar-refractivity contribution >= 4 is 29.3 Å². The summed E-state index contributed by atoms with van der Waals surface area (Å²) in [6.45, 7) is 1.18. The summed E-state index contributed by atoms with van der Waals surface area (Å²) in [4.78, 5) is 39.3. The van der Waals surface area contributed by atoms with E-state index in [1.54, 1.807) is 127 Å². The van der Waals surface area contributed by atoms with Crippen LogP contribution in [0.5, 0.6) is 34.5 Å². The number of amides is 3. The van der Waals surface area contributed by atoms with Crippen LogP contribution < -0.4 is 44.4 Å². The number of halogens is 21. The lowest BCUT2D eigenvalue weighted by molar-refractivity contribution is -0.275. The lowest BCUT2D eigenvalue weighted by atomic mass is 9.70. The molecule has 12 rings (SSSR count). The Balaban J connectivity index is 0.000000199. The molecule has 3 N–H and O–H groups in total. The molecule has 0 radical (unpaired) electrons. The topological polar surface area (TPSA) is 143 Å². The van der Waals surface area contributed by atoms with E-state index in [0.29, 0.717) is 27.8 Å². The largest absolute Gasteiger partial charge is 0.573 e. The van der Waals surface area contributed by atoms with Gasteiger partial charge >= 0.3 is 38.2 Å². The molecule has 0 bridgehead atoms.